The van der Waals surface area contributed by atoms with Gasteiger partial charge in [0, 0.05) is 50.1 Å². The molecule has 1 aromatic heterocycles. The van der Waals surface area contributed by atoms with Gasteiger partial charge in [-0.2, -0.15) is 0 Å². The summed E-state index contributed by atoms with van der Waals surface area (Å²) in [6, 6.07) is 7.27. The van der Waals surface area contributed by atoms with E-state index in [4.69, 9.17) is 4.99 Å². The molecule has 7 heteroatoms. The molecule has 1 aliphatic rings. The minimum atomic E-state index is -0.174. The number of nitrogens with one attached hydrogen (secondary N) is 2. The lowest BCUT2D eigenvalue weighted by Crippen LogP contribution is -2.48. The van der Waals surface area contributed by atoms with Crippen LogP contribution in [0.15, 0.2) is 29.3 Å². The Balaban J connectivity index is 1.45. The van der Waals surface area contributed by atoms with Crippen molar-refractivity contribution in [2.24, 2.45) is 4.99 Å². The van der Waals surface area contributed by atoms with Gasteiger partial charge in [-0.3, -0.25) is 9.89 Å². The van der Waals surface area contributed by atoms with Crippen molar-refractivity contribution in [1.82, 2.24) is 20.5 Å². The number of aromatic nitrogens is 1. The van der Waals surface area contributed by atoms with Crippen LogP contribution in [-0.4, -0.2) is 48.1 Å². The summed E-state index contributed by atoms with van der Waals surface area (Å²) in [5.74, 6) is 0.732. The fourth-order valence-electron chi connectivity index (χ4n) is 3.67. The van der Waals surface area contributed by atoms with Crippen molar-refractivity contribution in [3.8, 4) is 0 Å². The number of benzene rings is 1. The largest absolute Gasteiger partial charge is 0.357 e. The molecule has 2 heterocycles. The summed E-state index contributed by atoms with van der Waals surface area (Å²) in [5.41, 5.74) is 2.30. The molecule has 0 saturated carbocycles. The average Bonchev–Trinajstić information content (AvgIpc) is 3.02. The third-order valence-electron chi connectivity index (χ3n) is 5.20. The highest BCUT2D eigenvalue weighted by atomic mass is 32.1. The summed E-state index contributed by atoms with van der Waals surface area (Å²) in [6.45, 7) is 10.8. The Morgan fingerprint density at radius 1 is 1.24 bits per heavy atom. The van der Waals surface area contributed by atoms with Crippen LogP contribution in [0, 0.1) is 19.7 Å². The molecule has 0 atom stereocenters. The molecule has 0 radical (unpaired) electrons. The topological polar surface area (TPSA) is 52.6 Å². The summed E-state index contributed by atoms with van der Waals surface area (Å²) in [6.07, 6.45) is 3.10. The molecule has 1 saturated heterocycles. The van der Waals surface area contributed by atoms with Crippen molar-refractivity contribution in [1.29, 1.82) is 0 Å². The Kier molecular flexibility index (Phi) is 8.00. The number of nitrogens with zero attached hydrogens (tertiary/aromatic N) is 3. The van der Waals surface area contributed by atoms with Crippen molar-refractivity contribution in [2.75, 3.05) is 26.2 Å². The van der Waals surface area contributed by atoms with Crippen LogP contribution in [-0.2, 0) is 13.0 Å². The Morgan fingerprint density at radius 3 is 2.59 bits per heavy atom. The van der Waals surface area contributed by atoms with Crippen LogP contribution in [0.1, 0.15) is 40.9 Å². The Labute approximate surface area is 177 Å². The number of guanidine groups is 1. The number of piperidine rings is 1. The first-order valence-electron chi connectivity index (χ1n) is 10.5. The van der Waals surface area contributed by atoms with Crippen LogP contribution in [0.25, 0.3) is 0 Å². The lowest BCUT2D eigenvalue weighted by atomic mass is 10.0. The maximum atomic E-state index is 13.1. The van der Waals surface area contributed by atoms with Crippen LogP contribution in [0.5, 0.6) is 0 Å². The third-order valence-corrected chi connectivity index (χ3v) is 6.33. The number of aliphatic imine (C=N–C) groups is 1. The number of thiazole rings is 1. The zero-order valence-electron chi connectivity index (χ0n) is 17.7. The maximum absolute atomic E-state index is 13.1. The zero-order valence-corrected chi connectivity index (χ0v) is 18.5. The van der Waals surface area contributed by atoms with Crippen molar-refractivity contribution in [2.45, 2.75) is 52.6 Å². The summed E-state index contributed by atoms with van der Waals surface area (Å²) in [4.78, 5) is 13.0. The van der Waals surface area contributed by atoms with Crippen LogP contribution in [0.2, 0.25) is 0 Å². The quantitative estimate of drug-likeness (QED) is 0.533. The monoisotopic (exact) mass is 417 g/mol. The van der Waals surface area contributed by atoms with E-state index in [-0.39, 0.29) is 5.82 Å². The van der Waals surface area contributed by atoms with Gasteiger partial charge in [0.2, 0.25) is 0 Å². The summed E-state index contributed by atoms with van der Waals surface area (Å²) in [5, 5.41) is 8.10. The lowest BCUT2D eigenvalue weighted by Gasteiger charge is -2.33. The first-order chi connectivity index (χ1) is 14.0. The van der Waals surface area contributed by atoms with Gasteiger partial charge >= 0.3 is 0 Å². The first kappa shape index (κ1) is 21.7. The second-order valence-corrected chi connectivity index (χ2v) is 8.86. The molecule has 0 bridgehead atoms. The summed E-state index contributed by atoms with van der Waals surface area (Å²) < 4.78 is 13.1. The highest BCUT2D eigenvalue weighted by molar-refractivity contribution is 7.11. The number of rotatable bonds is 7. The summed E-state index contributed by atoms with van der Waals surface area (Å²) >= 11 is 1.77. The predicted octanol–water partition coefficient (Wildman–Crippen LogP) is 3.66. The molecule has 1 aliphatic heterocycles. The molecule has 1 aromatic carbocycles. The smallest absolute Gasteiger partial charge is 0.191 e. The molecule has 5 nitrogen and oxygen atoms in total. The van der Waals surface area contributed by atoms with E-state index in [0.717, 1.165) is 68.6 Å². The molecule has 2 N–H and O–H groups in total. The first-order valence-corrected chi connectivity index (χ1v) is 11.3. The average molecular weight is 418 g/mol. The van der Waals surface area contributed by atoms with Crippen LogP contribution >= 0.6 is 11.3 Å². The molecular formula is C22H32FN5S. The van der Waals surface area contributed by atoms with Crippen LogP contribution in [0.4, 0.5) is 4.39 Å². The van der Waals surface area contributed by atoms with Gasteiger partial charge in [0.1, 0.15) is 5.82 Å². The van der Waals surface area contributed by atoms with E-state index in [0.29, 0.717) is 6.04 Å². The molecule has 0 spiro atoms. The molecule has 29 heavy (non-hydrogen) atoms. The van der Waals surface area contributed by atoms with Crippen LogP contribution < -0.4 is 10.6 Å². The number of hydrogen-bond acceptors (Lipinski definition) is 4. The fourth-order valence-corrected chi connectivity index (χ4v) is 4.60. The molecular weight excluding hydrogens is 385 g/mol. The van der Waals surface area contributed by atoms with Gasteiger partial charge in [-0.05, 0) is 51.3 Å². The van der Waals surface area contributed by atoms with E-state index in [9.17, 15) is 4.39 Å². The van der Waals surface area contributed by atoms with Crippen molar-refractivity contribution >= 4 is 17.3 Å². The highest BCUT2D eigenvalue weighted by Gasteiger charge is 2.20. The minimum Gasteiger partial charge on any atom is -0.357 e. The van der Waals surface area contributed by atoms with E-state index in [1.54, 1.807) is 11.3 Å². The number of halogens is 1. The van der Waals surface area contributed by atoms with E-state index in [1.165, 1.54) is 22.6 Å². The van der Waals surface area contributed by atoms with Crippen molar-refractivity contribution in [3.63, 3.8) is 0 Å². The number of likely N-dealkylation sites (tertiary alicyclic amines) is 1. The van der Waals surface area contributed by atoms with E-state index in [1.807, 2.05) is 12.1 Å². The van der Waals surface area contributed by atoms with Crippen molar-refractivity contribution < 1.29 is 4.39 Å². The van der Waals surface area contributed by atoms with Gasteiger partial charge in [-0.25, -0.2) is 9.37 Å². The Morgan fingerprint density at radius 2 is 1.97 bits per heavy atom. The normalized spacial score (nSPS) is 16.2. The third kappa shape index (κ3) is 6.78. The zero-order chi connectivity index (χ0) is 20.6. The fraction of sp³-hybridized carbons (Fsp3) is 0.545. The Bertz CT molecular complexity index is 794. The van der Waals surface area contributed by atoms with Gasteiger partial charge in [0.05, 0.1) is 10.7 Å². The van der Waals surface area contributed by atoms with E-state index >= 15 is 0 Å². The van der Waals surface area contributed by atoms with E-state index < -0.39 is 0 Å². The second kappa shape index (κ2) is 10.7. The van der Waals surface area contributed by atoms with Gasteiger partial charge in [0.25, 0.3) is 0 Å². The molecule has 0 unspecified atom stereocenters. The predicted molar refractivity (Wildman–Crippen MR) is 119 cm³/mol. The van der Waals surface area contributed by atoms with Gasteiger partial charge in [0.15, 0.2) is 5.96 Å². The van der Waals surface area contributed by atoms with Gasteiger partial charge in [-0.15, -0.1) is 11.3 Å². The highest BCUT2D eigenvalue weighted by Crippen LogP contribution is 2.18. The minimum absolute atomic E-state index is 0.174. The maximum Gasteiger partial charge on any atom is 0.191 e. The van der Waals surface area contributed by atoms with Crippen molar-refractivity contribution in [3.05, 3.63) is 51.2 Å². The van der Waals surface area contributed by atoms with Gasteiger partial charge < -0.3 is 10.6 Å². The Hall–Kier alpha value is -1.99. The number of aryl methyl sites for hydroxylation is 2. The lowest BCUT2D eigenvalue weighted by molar-refractivity contribution is 0.198. The molecule has 2 aromatic rings. The summed E-state index contributed by atoms with van der Waals surface area (Å²) in [7, 11) is 0. The second-order valence-electron chi connectivity index (χ2n) is 7.57. The molecule has 1 fully saturated rings. The molecule has 0 aliphatic carbocycles. The van der Waals surface area contributed by atoms with E-state index in [2.05, 4.69) is 41.3 Å². The SMILES string of the molecule is CCNC(=NCCc1sc(C)nc1C)NC1CCN(Cc2ccc(F)cc2)CC1. The number of hydrogen-bond donors (Lipinski definition) is 2. The van der Waals surface area contributed by atoms with Gasteiger partial charge in [-0.1, -0.05) is 12.1 Å². The van der Waals surface area contributed by atoms with Crippen LogP contribution in [0.3, 0.4) is 0 Å². The standard InChI is InChI=1S/C22H32FN5S/c1-4-24-22(25-12-9-21-16(2)26-17(3)29-21)27-20-10-13-28(14-11-20)15-18-5-7-19(23)8-6-18/h5-8,20H,4,9-15H2,1-3H3,(H2,24,25,27). The molecule has 3 rings (SSSR count). The molecule has 0 amide bonds. The molecule has 158 valence electrons.